The molecule has 0 bridgehead atoms. The van der Waals surface area contributed by atoms with Gasteiger partial charge < -0.3 is 10.1 Å². The van der Waals surface area contributed by atoms with Crippen LogP contribution in [0.4, 0.5) is 0 Å². The Kier molecular flexibility index (Phi) is 4.93. The van der Waals surface area contributed by atoms with Gasteiger partial charge in [0.25, 0.3) is 0 Å². The Balaban J connectivity index is 1.82. The molecule has 2 rings (SSSR count). The molecule has 1 heterocycles. The van der Waals surface area contributed by atoms with E-state index >= 15 is 0 Å². The molecule has 0 aliphatic carbocycles. The lowest BCUT2D eigenvalue weighted by atomic mass is 10.1. The molecular weight excluding hydrogens is 236 g/mol. The molecule has 0 saturated carbocycles. The van der Waals surface area contributed by atoms with Crippen molar-refractivity contribution in [3.63, 3.8) is 0 Å². The predicted octanol–water partition coefficient (Wildman–Crippen LogP) is 2.98. The van der Waals surface area contributed by atoms with E-state index in [4.69, 9.17) is 4.74 Å². The van der Waals surface area contributed by atoms with E-state index in [9.17, 15) is 0 Å². The minimum absolute atomic E-state index is 0.328. The minimum atomic E-state index is 0.328. The number of hydrogen-bond acceptors (Lipinski definition) is 3. The average molecular weight is 256 g/mol. The minimum Gasteiger partial charge on any atom is -0.497 e. The maximum atomic E-state index is 5.16. The summed E-state index contributed by atoms with van der Waals surface area (Å²) in [7, 11) is 1.68. The molecule has 3 nitrogen and oxygen atoms in total. The second-order valence-electron chi connectivity index (χ2n) is 4.52. The standard InChI is InChI=1S/C16H20N2O/c1-13(14-6-8-16(19-2)9-7-14)17-12-10-15-5-3-4-11-18-15/h3-9,11,13,17H,10,12H2,1-2H3/t13-/m0/s1. The molecule has 3 heteroatoms. The number of nitrogens with one attached hydrogen (secondary N) is 1. The molecule has 0 amide bonds. The number of nitrogens with zero attached hydrogens (tertiary/aromatic N) is 1. The molecule has 0 aliphatic rings. The van der Waals surface area contributed by atoms with E-state index in [1.165, 1.54) is 5.56 Å². The van der Waals surface area contributed by atoms with Gasteiger partial charge in [-0.2, -0.15) is 0 Å². The van der Waals surface area contributed by atoms with Crippen LogP contribution in [0.15, 0.2) is 48.7 Å². The zero-order valence-corrected chi connectivity index (χ0v) is 11.5. The van der Waals surface area contributed by atoms with Crippen molar-refractivity contribution in [2.24, 2.45) is 0 Å². The SMILES string of the molecule is COc1ccc([C@H](C)NCCc2ccccn2)cc1. The molecule has 1 N–H and O–H groups in total. The summed E-state index contributed by atoms with van der Waals surface area (Å²) in [5.41, 5.74) is 2.39. The summed E-state index contributed by atoms with van der Waals surface area (Å²) < 4.78 is 5.16. The summed E-state index contributed by atoms with van der Waals surface area (Å²) in [6, 6.07) is 14.5. The van der Waals surface area contributed by atoms with Gasteiger partial charge in [-0.25, -0.2) is 0 Å². The van der Waals surface area contributed by atoms with Crippen molar-refractivity contribution in [3.8, 4) is 5.75 Å². The van der Waals surface area contributed by atoms with Gasteiger partial charge in [-0.05, 0) is 36.8 Å². The summed E-state index contributed by atoms with van der Waals surface area (Å²) >= 11 is 0. The number of pyridine rings is 1. The largest absolute Gasteiger partial charge is 0.497 e. The Labute approximate surface area is 114 Å². The first-order valence-electron chi connectivity index (χ1n) is 6.57. The van der Waals surface area contributed by atoms with Crippen LogP contribution in [0.5, 0.6) is 5.75 Å². The van der Waals surface area contributed by atoms with Gasteiger partial charge in [0.05, 0.1) is 7.11 Å². The van der Waals surface area contributed by atoms with Crippen molar-refractivity contribution in [2.45, 2.75) is 19.4 Å². The van der Waals surface area contributed by atoms with Gasteiger partial charge in [-0.3, -0.25) is 4.98 Å². The number of ether oxygens (including phenoxy) is 1. The fraction of sp³-hybridized carbons (Fsp3) is 0.312. The Bertz CT molecular complexity index is 482. The zero-order chi connectivity index (χ0) is 13.5. The summed E-state index contributed by atoms with van der Waals surface area (Å²) in [6.07, 6.45) is 2.78. The van der Waals surface area contributed by atoms with Crippen molar-refractivity contribution in [1.29, 1.82) is 0 Å². The van der Waals surface area contributed by atoms with Gasteiger partial charge in [0.15, 0.2) is 0 Å². The highest BCUT2D eigenvalue weighted by Crippen LogP contribution is 2.17. The zero-order valence-electron chi connectivity index (χ0n) is 11.5. The molecule has 0 spiro atoms. The van der Waals surface area contributed by atoms with E-state index in [-0.39, 0.29) is 0 Å². The number of methoxy groups -OCH3 is 1. The third kappa shape index (κ3) is 4.07. The highest BCUT2D eigenvalue weighted by atomic mass is 16.5. The Morgan fingerprint density at radius 3 is 2.58 bits per heavy atom. The molecule has 19 heavy (non-hydrogen) atoms. The van der Waals surface area contributed by atoms with Crippen LogP contribution in [0.2, 0.25) is 0 Å². The maximum Gasteiger partial charge on any atom is 0.118 e. The third-order valence-corrected chi connectivity index (χ3v) is 3.17. The summed E-state index contributed by atoms with van der Waals surface area (Å²) in [4.78, 5) is 4.31. The number of aromatic nitrogens is 1. The Hall–Kier alpha value is -1.87. The maximum absolute atomic E-state index is 5.16. The van der Waals surface area contributed by atoms with Crippen molar-refractivity contribution in [1.82, 2.24) is 10.3 Å². The monoisotopic (exact) mass is 256 g/mol. The summed E-state index contributed by atoms with van der Waals surface area (Å²) in [5, 5.41) is 3.50. The van der Waals surface area contributed by atoms with E-state index < -0.39 is 0 Å². The smallest absolute Gasteiger partial charge is 0.118 e. The van der Waals surface area contributed by atoms with Gasteiger partial charge in [0, 0.05) is 30.9 Å². The highest BCUT2D eigenvalue weighted by Gasteiger charge is 2.04. The Morgan fingerprint density at radius 2 is 1.95 bits per heavy atom. The third-order valence-electron chi connectivity index (χ3n) is 3.17. The van der Waals surface area contributed by atoms with Crippen LogP contribution in [0, 0.1) is 0 Å². The number of benzene rings is 1. The van der Waals surface area contributed by atoms with E-state index in [1.54, 1.807) is 7.11 Å². The van der Waals surface area contributed by atoms with E-state index in [0.717, 1.165) is 24.4 Å². The highest BCUT2D eigenvalue weighted by molar-refractivity contribution is 5.28. The molecule has 0 fully saturated rings. The van der Waals surface area contributed by atoms with Crippen LogP contribution in [0.25, 0.3) is 0 Å². The second kappa shape index (κ2) is 6.90. The van der Waals surface area contributed by atoms with Crippen LogP contribution < -0.4 is 10.1 Å². The molecule has 0 saturated heterocycles. The van der Waals surface area contributed by atoms with E-state index in [2.05, 4.69) is 35.4 Å². The first kappa shape index (κ1) is 13.6. The molecule has 1 aromatic heterocycles. The lowest BCUT2D eigenvalue weighted by Crippen LogP contribution is -2.21. The van der Waals surface area contributed by atoms with Gasteiger partial charge in [0.1, 0.15) is 5.75 Å². The molecule has 0 radical (unpaired) electrons. The fourth-order valence-corrected chi connectivity index (χ4v) is 1.97. The number of hydrogen-bond donors (Lipinski definition) is 1. The summed E-state index contributed by atoms with van der Waals surface area (Å²) in [5.74, 6) is 0.893. The molecule has 0 unspecified atom stereocenters. The normalized spacial score (nSPS) is 12.1. The van der Waals surface area contributed by atoms with Crippen molar-refractivity contribution >= 4 is 0 Å². The van der Waals surface area contributed by atoms with Crippen molar-refractivity contribution in [3.05, 3.63) is 59.9 Å². The Morgan fingerprint density at radius 1 is 1.16 bits per heavy atom. The van der Waals surface area contributed by atoms with Crippen molar-refractivity contribution < 1.29 is 4.74 Å². The molecule has 0 aliphatic heterocycles. The van der Waals surface area contributed by atoms with Gasteiger partial charge in [-0.1, -0.05) is 18.2 Å². The van der Waals surface area contributed by atoms with E-state index in [1.807, 2.05) is 30.5 Å². The van der Waals surface area contributed by atoms with Crippen LogP contribution in [0.1, 0.15) is 24.2 Å². The lowest BCUT2D eigenvalue weighted by Gasteiger charge is -2.14. The van der Waals surface area contributed by atoms with Gasteiger partial charge in [0.2, 0.25) is 0 Å². The van der Waals surface area contributed by atoms with Crippen LogP contribution in [-0.2, 0) is 6.42 Å². The quantitative estimate of drug-likeness (QED) is 0.862. The van der Waals surface area contributed by atoms with Crippen molar-refractivity contribution in [2.75, 3.05) is 13.7 Å². The second-order valence-corrected chi connectivity index (χ2v) is 4.52. The fourth-order valence-electron chi connectivity index (χ4n) is 1.97. The molecule has 1 aromatic carbocycles. The summed E-state index contributed by atoms with van der Waals surface area (Å²) in [6.45, 7) is 3.09. The van der Waals surface area contributed by atoms with Gasteiger partial charge >= 0.3 is 0 Å². The first-order chi connectivity index (χ1) is 9.29. The average Bonchev–Trinajstić information content (AvgIpc) is 2.48. The topological polar surface area (TPSA) is 34.1 Å². The van der Waals surface area contributed by atoms with Gasteiger partial charge in [-0.15, -0.1) is 0 Å². The predicted molar refractivity (Wildman–Crippen MR) is 77.4 cm³/mol. The molecule has 100 valence electrons. The van der Waals surface area contributed by atoms with Crippen LogP contribution >= 0.6 is 0 Å². The number of rotatable bonds is 6. The molecule has 2 aromatic rings. The molecular formula is C16H20N2O. The van der Waals surface area contributed by atoms with E-state index in [0.29, 0.717) is 6.04 Å². The van der Waals surface area contributed by atoms with Crippen LogP contribution in [-0.4, -0.2) is 18.6 Å². The molecule has 1 atom stereocenters. The van der Waals surface area contributed by atoms with Crippen LogP contribution in [0.3, 0.4) is 0 Å². The lowest BCUT2D eigenvalue weighted by molar-refractivity contribution is 0.414. The first-order valence-corrected chi connectivity index (χ1v) is 6.57.